The van der Waals surface area contributed by atoms with Crippen LogP contribution in [0.2, 0.25) is 5.02 Å². The summed E-state index contributed by atoms with van der Waals surface area (Å²) < 4.78 is 0. The fraction of sp³-hybridized carbons (Fsp3) is 0.222. The molecule has 4 rings (SSSR count). The monoisotopic (exact) mass is 326 g/mol. The molecule has 1 aliphatic carbocycles. The van der Waals surface area contributed by atoms with E-state index in [0.29, 0.717) is 16.9 Å². The number of rotatable bonds is 2. The molecule has 1 aliphatic heterocycles. The van der Waals surface area contributed by atoms with Gasteiger partial charge < -0.3 is 5.32 Å². The fourth-order valence-corrected chi connectivity index (χ4v) is 3.87. The molecule has 0 bridgehead atoms. The molecule has 116 valence electrons. The second-order valence-electron chi connectivity index (χ2n) is 6.06. The lowest BCUT2D eigenvalue weighted by atomic mass is 9.77. The van der Waals surface area contributed by atoms with Crippen molar-refractivity contribution in [1.29, 1.82) is 0 Å². The van der Waals surface area contributed by atoms with Gasteiger partial charge in [0.1, 0.15) is 0 Å². The van der Waals surface area contributed by atoms with E-state index in [-0.39, 0.29) is 16.7 Å². The van der Waals surface area contributed by atoms with Gasteiger partial charge in [0.25, 0.3) is 5.69 Å². The number of non-ortho nitro benzene ring substituents is 1. The number of halogens is 1. The van der Waals surface area contributed by atoms with Crippen molar-refractivity contribution in [2.24, 2.45) is 5.92 Å². The second-order valence-corrected chi connectivity index (χ2v) is 6.49. The van der Waals surface area contributed by atoms with Gasteiger partial charge in [-0.3, -0.25) is 10.1 Å². The van der Waals surface area contributed by atoms with E-state index in [9.17, 15) is 10.1 Å². The third-order valence-corrected chi connectivity index (χ3v) is 5.02. The fourth-order valence-electron chi connectivity index (χ4n) is 3.70. The van der Waals surface area contributed by atoms with Crippen LogP contribution in [0.1, 0.15) is 29.5 Å². The summed E-state index contributed by atoms with van der Waals surface area (Å²) in [7, 11) is 0. The zero-order valence-corrected chi connectivity index (χ0v) is 13.0. The van der Waals surface area contributed by atoms with Gasteiger partial charge in [0.2, 0.25) is 0 Å². The van der Waals surface area contributed by atoms with Crippen LogP contribution in [0, 0.1) is 16.0 Å². The molecule has 0 spiro atoms. The Morgan fingerprint density at radius 2 is 1.96 bits per heavy atom. The number of hydrogen-bond acceptors (Lipinski definition) is 3. The van der Waals surface area contributed by atoms with Crippen molar-refractivity contribution in [3.63, 3.8) is 0 Å². The molecule has 2 aromatic carbocycles. The zero-order valence-electron chi connectivity index (χ0n) is 12.3. The number of nitrogens with one attached hydrogen (secondary N) is 1. The quantitative estimate of drug-likeness (QED) is 0.476. The number of hydrogen-bond donors (Lipinski definition) is 1. The normalized spacial score (nSPS) is 24.7. The number of benzene rings is 2. The maximum absolute atomic E-state index is 10.8. The third-order valence-electron chi connectivity index (χ3n) is 4.79. The van der Waals surface area contributed by atoms with Crippen LogP contribution in [-0.2, 0) is 0 Å². The molecule has 23 heavy (non-hydrogen) atoms. The molecule has 3 unspecified atom stereocenters. The van der Waals surface area contributed by atoms with Crippen molar-refractivity contribution in [2.75, 3.05) is 5.32 Å². The lowest BCUT2D eigenvalue weighted by Gasteiger charge is -2.37. The van der Waals surface area contributed by atoms with E-state index in [1.807, 2.05) is 24.3 Å². The first-order valence-corrected chi connectivity index (χ1v) is 7.98. The van der Waals surface area contributed by atoms with Gasteiger partial charge in [0.05, 0.1) is 11.0 Å². The maximum Gasteiger partial charge on any atom is 0.269 e. The lowest BCUT2D eigenvalue weighted by molar-refractivity contribution is -0.384. The zero-order chi connectivity index (χ0) is 16.0. The molecule has 1 N–H and O–H groups in total. The first kappa shape index (κ1) is 14.3. The standard InChI is InChI=1S/C18H15ClN2O2/c19-12-6-9-15-14-2-1-3-16(14)18(20-17(15)10-12)11-4-7-13(8-5-11)21(22)23/h1-2,4-10,14,16,18,20H,3H2. The first-order chi connectivity index (χ1) is 11.1. The molecule has 1 heterocycles. The summed E-state index contributed by atoms with van der Waals surface area (Å²) >= 11 is 6.14. The summed E-state index contributed by atoms with van der Waals surface area (Å²) in [5.41, 5.74) is 3.51. The molecule has 2 aliphatic rings. The minimum absolute atomic E-state index is 0.120. The smallest absolute Gasteiger partial charge is 0.269 e. The minimum atomic E-state index is -0.368. The van der Waals surface area contributed by atoms with Crippen molar-refractivity contribution < 1.29 is 4.92 Å². The largest absolute Gasteiger partial charge is 0.378 e. The average Bonchev–Trinajstić information content (AvgIpc) is 3.03. The highest BCUT2D eigenvalue weighted by Crippen LogP contribution is 2.50. The summed E-state index contributed by atoms with van der Waals surface area (Å²) in [6, 6.07) is 12.9. The summed E-state index contributed by atoms with van der Waals surface area (Å²) in [5.74, 6) is 0.786. The topological polar surface area (TPSA) is 55.2 Å². The summed E-state index contributed by atoms with van der Waals surface area (Å²) in [6.07, 6.45) is 5.48. The van der Waals surface area contributed by atoms with Crippen molar-refractivity contribution in [1.82, 2.24) is 0 Å². The van der Waals surface area contributed by atoms with Crippen LogP contribution < -0.4 is 5.32 Å². The number of nitrogens with zero attached hydrogens (tertiary/aromatic N) is 1. The van der Waals surface area contributed by atoms with E-state index in [4.69, 9.17) is 11.6 Å². The Labute approximate surface area is 138 Å². The molecule has 0 radical (unpaired) electrons. The van der Waals surface area contributed by atoms with E-state index >= 15 is 0 Å². The van der Waals surface area contributed by atoms with Gasteiger partial charge in [-0.1, -0.05) is 42.0 Å². The first-order valence-electron chi connectivity index (χ1n) is 7.60. The Balaban J connectivity index is 1.73. The van der Waals surface area contributed by atoms with E-state index in [1.54, 1.807) is 12.1 Å². The number of anilines is 1. The number of nitro groups is 1. The predicted molar refractivity (Wildman–Crippen MR) is 90.9 cm³/mol. The highest BCUT2D eigenvalue weighted by Gasteiger charge is 2.37. The highest BCUT2D eigenvalue weighted by molar-refractivity contribution is 6.30. The van der Waals surface area contributed by atoms with E-state index < -0.39 is 0 Å². The van der Waals surface area contributed by atoms with Gasteiger partial charge in [-0.2, -0.15) is 0 Å². The van der Waals surface area contributed by atoms with Crippen LogP contribution in [-0.4, -0.2) is 4.92 Å². The van der Waals surface area contributed by atoms with Crippen LogP contribution in [0.4, 0.5) is 11.4 Å². The van der Waals surface area contributed by atoms with Gasteiger partial charge in [-0.15, -0.1) is 0 Å². The van der Waals surface area contributed by atoms with Crippen LogP contribution in [0.25, 0.3) is 0 Å². The Bertz CT molecular complexity index is 801. The molecule has 0 saturated carbocycles. The minimum Gasteiger partial charge on any atom is -0.378 e. The van der Waals surface area contributed by atoms with Crippen LogP contribution in [0.5, 0.6) is 0 Å². The Morgan fingerprint density at radius 1 is 1.17 bits per heavy atom. The highest BCUT2D eigenvalue weighted by atomic mass is 35.5. The lowest BCUT2D eigenvalue weighted by Crippen LogP contribution is -2.29. The maximum atomic E-state index is 10.8. The summed E-state index contributed by atoms with van der Waals surface area (Å²) in [4.78, 5) is 10.5. The third kappa shape index (κ3) is 2.39. The van der Waals surface area contributed by atoms with Gasteiger partial charge in [-0.25, -0.2) is 0 Å². The Kier molecular flexibility index (Phi) is 3.34. The van der Waals surface area contributed by atoms with E-state index in [1.165, 1.54) is 5.56 Å². The number of fused-ring (bicyclic) bond motifs is 3. The van der Waals surface area contributed by atoms with Crippen molar-refractivity contribution in [3.05, 3.63) is 80.9 Å². The predicted octanol–water partition coefficient (Wildman–Crippen LogP) is 5.07. The van der Waals surface area contributed by atoms with Crippen LogP contribution in [0.15, 0.2) is 54.6 Å². The van der Waals surface area contributed by atoms with E-state index in [0.717, 1.165) is 17.7 Å². The van der Waals surface area contributed by atoms with Crippen LogP contribution >= 0.6 is 11.6 Å². The number of allylic oxidation sites excluding steroid dienone is 2. The average molecular weight is 327 g/mol. The van der Waals surface area contributed by atoms with Gasteiger partial charge >= 0.3 is 0 Å². The molecular formula is C18H15ClN2O2. The molecule has 0 fully saturated rings. The van der Waals surface area contributed by atoms with Gasteiger partial charge in [-0.05, 0) is 35.6 Å². The second kappa shape index (κ2) is 5.39. The Morgan fingerprint density at radius 3 is 2.70 bits per heavy atom. The molecule has 5 heteroatoms. The molecule has 3 atom stereocenters. The Hall–Kier alpha value is -2.33. The molecule has 0 aromatic heterocycles. The van der Waals surface area contributed by atoms with E-state index in [2.05, 4.69) is 23.5 Å². The van der Waals surface area contributed by atoms with Crippen molar-refractivity contribution >= 4 is 23.0 Å². The molecule has 0 amide bonds. The summed E-state index contributed by atoms with van der Waals surface area (Å²) in [6.45, 7) is 0. The molecular weight excluding hydrogens is 312 g/mol. The van der Waals surface area contributed by atoms with Crippen LogP contribution in [0.3, 0.4) is 0 Å². The molecule has 0 saturated heterocycles. The van der Waals surface area contributed by atoms with Crippen molar-refractivity contribution in [2.45, 2.75) is 18.4 Å². The van der Waals surface area contributed by atoms with Crippen molar-refractivity contribution in [3.8, 4) is 0 Å². The van der Waals surface area contributed by atoms with Gasteiger partial charge in [0, 0.05) is 28.8 Å². The SMILES string of the molecule is O=[N+]([O-])c1ccc(C2Nc3cc(Cl)ccc3C3C=CCC32)cc1. The molecule has 4 nitrogen and oxygen atoms in total. The number of nitro benzene ring substituents is 1. The van der Waals surface area contributed by atoms with Gasteiger partial charge in [0.15, 0.2) is 0 Å². The summed E-state index contributed by atoms with van der Waals surface area (Å²) in [5, 5.41) is 15.1. The molecule has 2 aromatic rings.